The van der Waals surface area contributed by atoms with E-state index in [0.717, 1.165) is 0 Å². The van der Waals surface area contributed by atoms with Gasteiger partial charge in [0.1, 0.15) is 30.2 Å². The van der Waals surface area contributed by atoms with E-state index < -0.39 is 43.6 Å². The fourth-order valence-corrected chi connectivity index (χ4v) is 1.39. The maximum atomic E-state index is 10.8. The second-order valence-electron chi connectivity index (χ2n) is 4.52. The van der Waals surface area contributed by atoms with Crippen LogP contribution < -0.4 is 29.6 Å². The average molecular weight is 374 g/mol. The molecule has 0 aliphatic heterocycles. The number of aliphatic hydroxyl groups excluding tert-OH is 6. The molecular weight excluding hydrogens is 351 g/mol. The normalized spacial score (nSPS) is 14.4. The van der Waals surface area contributed by atoms with Gasteiger partial charge in [-0.2, -0.15) is 0 Å². The Kier molecular flexibility index (Phi) is 17.9. The predicted octanol–water partition coefficient (Wildman–Crippen LogP) is -5.58. The van der Waals surface area contributed by atoms with Crippen molar-refractivity contribution in [3.63, 3.8) is 0 Å². The topological polar surface area (TPSA) is 198 Å². The Labute approximate surface area is 166 Å². The van der Waals surface area contributed by atoms with Gasteiger partial charge in [-0.15, -0.1) is 0 Å². The maximum Gasteiger partial charge on any atom is 1.00 e. The number of benzene rings is 1. The molecule has 0 aromatic heterocycles. The fraction of sp³-hybridized carbons (Fsp3) is 0.500. The fourth-order valence-electron chi connectivity index (χ4n) is 1.39. The third kappa shape index (κ3) is 10.7. The molecule has 0 amide bonds. The van der Waals surface area contributed by atoms with Crippen molar-refractivity contribution in [3.8, 4) is 5.75 Å². The van der Waals surface area contributed by atoms with E-state index in [2.05, 4.69) is 4.74 Å². The minimum atomic E-state index is -1.67. The first-order valence-corrected chi connectivity index (χ1v) is 6.59. The molecule has 0 bridgehead atoms. The van der Waals surface area contributed by atoms with Crippen LogP contribution in [0.15, 0.2) is 24.3 Å². The van der Waals surface area contributed by atoms with Crippen LogP contribution in [0.1, 0.15) is 10.4 Å². The van der Waals surface area contributed by atoms with Gasteiger partial charge in [0, 0.05) is 0 Å². The van der Waals surface area contributed by atoms with Crippen molar-refractivity contribution in [2.75, 3.05) is 20.3 Å². The van der Waals surface area contributed by atoms with Crippen LogP contribution >= 0.6 is 0 Å². The number of phenolic OH excluding ortho intramolecular Hbond substituents is 1. The number of rotatable bonds is 6. The van der Waals surface area contributed by atoms with Crippen molar-refractivity contribution in [2.24, 2.45) is 0 Å². The van der Waals surface area contributed by atoms with Gasteiger partial charge in [0.15, 0.2) is 0 Å². The number of ether oxygens (including phenoxy) is 1. The molecule has 0 saturated carbocycles. The number of methoxy groups -OCH3 is 1. The Morgan fingerprint density at radius 3 is 1.60 bits per heavy atom. The van der Waals surface area contributed by atoms with Gasteiger partial charge < -0.3 is 46.0 Å². The van der Waals surface area contributed by atoms with Gasteiger partial charge in [-0.1, -0.05) is 0 Å². The summed E-state index contributed by atoms with van der Waals surface area (Å²) >= 11 is 0. The Morgan fingerprint density at radius 2 is 1.32 bits per heavy atom. The van der Waals surface area contributed by atoms with Crippen LogP contribution in [0.2, 0.25) is 0 Å². The monoisotopic (exact) mass is 374 g/mol. The Balaban J connectivity index is -0.000000359. The maximum absolute atomic E-state index is 10.8. The van der Waals surface area contributed by atoms with Crippen molar-refractivity contribution >= 4 is 5.97 Å². The summed E-state index contributed by atoms with van der Waals surface area (Å²) in [6.07, 6.45) is -6.39. The molecule has 0 spiro atoms. The number of esters is 1. The van der Waals surface area contributed by atoms with Gasteiger partial charge in [0.05, 0.1) is 25.9 Å². The molecule has 25 heavy (non-hydrogen) atoms. The first kappa shape index (κ1) is 29.0. The Morgan fingerprint density at radius 1 is 0.960 bits per heavy atom. The van der Waals surface area contributed by atoms with Crippen molar-refractivity contribution in [3.05, 3.63) is 29.8 Å². The standard InChI is InChI=1S/C8H8O3.C6H14O6.Na.H2O/c1-11-8(10)6-2-4-7(9)5-3-6;7-1-3(9)5(11)6(12)4(10)2-8;;/h2-5,9H,1H3;3-12H,1-2H2;;1H2/q;;+1;/p-1. The molecule has 0 heterocycles. The van der Waals surface area contributed by atoms with Crippen LogP contribution in [0.3, 0.4) is 0 Å². The molecule has 11 heteroatoms. The largest absolute Gasteiger partial charge is 1.00 e. The predicted molar refractivity (Wildman–Crippen MR) is 79.6 cm³/mol. The third-order valence-corrected chi connectivity index (χ3v) is 2.80. The molecule has 8 N–H and O–H groups in total. The zero-order valence-electron chi connectivity index (χ0n) is 13.9. The molecule has 140 valence electrons. The summed E-state index contributed by atoms with van der Waals surface area (Å²) in [5, 5.41) is 61.0. The van der Waals surface area contributed by atoms with Gasteiger partial charge in [0.2, 0.25) is 0 Å². The van der Waals surface area contributed by atoms with Gasteiger partial charge in [-0.25, -0.2) is 4.79 Å². The smallest absolute Gasteiger partial charge is 0.870 e. The number of aromatic hydroxyl groups is 1. The number of aliphatic hydroxyl groups is 6. The SMILES string of the molecule is COC(=O)c1ccc(O)cc1.OCC(O)C(O)C(O)C(O)CO.[Na+].[OH-]. The summed E-state index contributed by atoms with van der Waals surface area (Å²) in [6, 6.07) is 5.88. The Hall–Kier alpha value is -0.790. The summed E-state index contributed by atoms with van der Waals surface area (Å²) in [4.78, 5) is 10.8. The summed E-state index contributed by atoms with van der Waals surface area (Å²) in [5.41, 5.74) is 0.435. The molecule has 0 saturated heterocycles. The molecule has 1 aromatic carbocycles. The molecule has 1 rings (SSSR count). The van der Waals surface area contributed by atoms with Crippen molar-refractivity contribution in [1.82, 2.24) is 0 Å². The van der Waals surface area contributed by atoms with Crippen molar-refractivity contribution in [1.29, 1.82) is 0 Å². The second-order valence-corrected chi connectivity index (χ2v) is 4.52. The van der Waals surface area contributed by atoms with Crippen LogP contribution in [0.25, 0.3) is 0 Å². The van der Waals surface area contributed by atoms with E-state index in [9.17, 15) is 4.79 Å². The molecule has 0 fully saturated rings. The van der Waals surface area contributed by atoms with E-state index in [4.69, 9.17) is 35.7 Å². The van der Waals surface area contributed by atoms with Crippen molar-refractivity contribution in [2.45, 2.75) is 24.4 Å². The molecule has 4 atom stereocenters. The van der Waals surface area contributed by atoms with Gasteiger partial charge in [-0.3, -0.25) is 0 Å². The molecule has 0 aliphatic rings. The van der Waals surface area contributed by atoms with Crippen LogP contribution in [-0.2, 0) is 4.74 Å². The Bertz CT molecular complexity index is 441. The minimum absolute atomic E-state index is 0. The summed E-state index contributed by atoms with van der Waals surface area (Å²) in [5.74, 6) is -0.261. The number of hydrogen-bond acceptors (Lipinski definition) is 10. The summed E-state index contributed by atoms with van der Waals surface area (Å²) in [7, 11) is 1.31. The van der Waals surface area contributed by atoms with Crippen LogP contribution in [0.4, 0.5) is 0 Å². The number of carbonyl (C=O) groups excluding carboxylic acids is 1. The zero-order valence-corrected chi connectivity index (χ0v) is 15.9. The molecular formula is C14H23NaO10. The molecule has 0 aliphatic carbocycles. The van der Waals surface area contributed by atoms with Crippen LogP contribution in [0.5, 0.6) is 5.75 Å². The van der Waals surface area contributed by atoms with Gasteiger partial charge >= 0.3 is 35.5 Å². The number of carbonyl (C=O) groups is 1. The minimum Gasteiger partial charge on any atom is -0.870 e. The van der Waals surface area contributed by atoms with E-state index in [0.29, 0.717) is 5.56 Å². The first-order valence-electron chi connectivity index (χ1n) is 6.59. The third-order valence-electron chi connectivity index (χ3n) is 2.80. The molecule has 10 nitrogen and oxygen atoms in total. The van der Waals surface area contributed by atoms with E-state index >= 15 is 0 Å². The summed E-state index contributed by atoms with van der Waals surface area (Å²) in [6.45, 7) is -1.45. The summed E-state index contributed by atoms with van der Waals surface area (Å²) < 4.78 is 4.46. The second kappa shape index (κ2) is 15.5. The van der Waals surface area contributed by atoms with Gasteiger partial charge in [-0.05, 0) is 24.3 Å². The molecule has 1 aromatic rings. The van der Waals surface area contributed by atoms with E-state index in [1.807, 2.05) is 0 Å². The number of hydrogen-bond donors (Lipinski definition) is 7. The zero-order chi connectivity index (χ0) is 18.0. The van der Waals surface area contributed by atoms with Crippen LogP contribution in [-0.4, -0.2) is 91.9 Å². The van der Waals surface area contributed by atoms with Crippen molar-refractivity contribution < 1.29 is 80.3 Å². The number of phenols is 1. The van der Waals surface area contributed by atoms with E-state index in [1.165, 1.54) is 31.4 Å². The van der Waals surface area contributed by atoms with E-state index in [-0.39, 0.29) is 40.8 Å². The van der Waals surface area contributed by atoms with E-state index in [1.54, 1.807) is 0 Å². The first-order chi connectivity index (χ1) is 10.8. The quantitative estimate of drug-likeness (QED) is 0.186. The van der Waals surface area contributed by atoms with Gasteiger partial charge in [0.25, 0.3) is 0 Å². The molecule has 4 unspecified atom stereocenters. The molecule has 0 radical (unpaired) electrons. The van der Waals surface area contributed by atoms with Crippen LogP contribution in [0, 0.1) is 0 Å². The average Bonchev–Trinajstić information content (AvgIpc) is 2.59.